The highest BCUT2D eigenvalue weighted by Crippen LogP contribution is 2.32. The highest BCUT2D eigenvalue weighted by atomic mass is 28.5. The number of hydrogen-bond acceptors (Lipinski definition) is 7. The molecule has 4 N–H and O–H groups in total. The highest BCUT2D eigenvalue weighted by Gasteiger charge is 2.48. The average molecular weight is 543 g/mol. The van der Waals surface area contributed by atoms with E-state index in [1.165, 1.54) is 0 Å². The maximum Gasteiger partial charge on any atom is 0.317 e. The molecule has 0 amide bonds. The van der Waals surface area contributed by atoms with E-state index in [1.54, 1.807) is 0 Å². The summed E-state index contributed by atoms with van der Waals surface area (Å²) in [7, 11) is -10.9. The Morgan fingerprint density at radius 3 is 1.66 bits per heavy atom. The first-order valence-corrected chi connectivity index (χ1v) is 27.0. The van der Waals surface area contributed by atoms with E-state index in [9.17, 15) is 5.11 Å². The Hall–Kier alpha value is 0.804. The van der Waals surface area contributed by atoms with Crippen molar-refractivity contribution in [2.24, 2.45) is 5.73 Å². The molecule has 0 aromatic rings. The van der Waals surface area contributed by atoms with Crippen LogP contribution in [-0.2, 0) is 16.5 Å². The molecule has 0 saturated heterocycles. The van der Waals surface area contributed by atoms with E-state index in [2.05, 4.69) is 70.8 Å². The van der Waals surface area contributed by atoms with E-state index in [-0.39, 0.29) is 6.61 Å². The van der Waals surface area contributed by atoms with Gasteiger partial charge in [-0.15, -0.1) is 0 Å². The van der Waals surface area contributed by atoms with Gasteiger partial charge >= 0.3 is 25.7 Å². The third-order valence-electron chi connectivity index (χ3n) is 4.56. The summed E-state index contributed by atoms with van der Waals surface area (Å²) in [6.07, 6.45) is 3.84. The van der Waals surface area contributed by atoms with Crippen LogP contribution in [0, 0.1) is 0 Å². The van der Waals surface area contributed by atoms with E-state index in [0.29, 0.717) is 6.54 Å². The van der Waals surface area contributed by atoms with Crippen molar-refractivity contribution in [2.75, 3.05) is 26.2 Å². The Morgan fingerprint density at radius 1 is 0.625 bits per heavy atom. The number of unbranched alkanes of at least 4 members (excludes halogenated alkanes) is 2. The minimum atomic E-state index is -2.55. The summed E-state index contributed by atoms with van der Waals surface area (Å²) < 4.78 is 27.2. The van der Waals surface area contributed by atoms with Crippen molar-refractivity contribution in [2.45, 2.75) is 103 Å². The third-order valence-corrected chi connectivity index (χ3v) is 22.8. The lowest BCUT2D eigenvalue weighted by Gasteiger charge is -2.44. The lowest BCUT2D eigenvalue weighted by atomic mass is 10.3. The highest BCUT2D eigenvalue weighted by molar-refractivity contribution is 6.90. The molecule has 0 radical (unpaired) electrons. The number of aliphatic hydroxyl groups excluding tert-OH is 1. The molecule has 0 rings (SSSR count). The lowest BCUT2D eigenvalue weighted by molar-refractivity contribution is 0.277. The summed E-state index contributed by atoms with van der Waals surface area (Å²) in [5, 5.41) is 12.6. The topological polar surface area (TPSA) is 95.2 Å². The first-order valence-electron chi connectivity index (χ1n) is 12.3. The Labute approximate surface area is 204 Å². The molecule has 0 fully saturated rings. The van der Waals surface area contributed by atoms with Crippen LogP contribution in [0.5, 0.6) is 0 Å². The second-order valence-corrected chi connectivity index (χ2v) is 31.5. The quantitative estimate of drug-likeness (QED) is 0.161. The van der Waals surface area contributed by atoms with Crippen LogP contribution in [0.1, 0.15) is 25.7 Å². The number of nitrogens with two attached hydrogens (primary N) is 1. The fraction of sp³-hybridized carbons (Fsp3) is 1.00. The van der Waals surface area contributed by atoms with Gasteiger partial charge in [0, 0.05) is 19.7 Å². The molecule has 0 heterocycles. The van der Waals surface area contributed by atoms with E-state index in [1.807, 2.05) is 0 Å². The van der Waals surface area contributed by atoms with E-state index < -0.39 is 42.3 Å². The minimum Gasteiger partial charge on any atom is -0.437 e. The van der Waals surface area contributed by atoms with Gasteiger partial charge in [0.05, 0.1) is 0 Å². The molecule has 7 nitrogen and oxygen atoms in total. The van der Waals surface area contributed by atoms with Gasteiger partial charge in [-0.1, -0.05) is 12.8 Å². The van der Waals surface area contributed by atoms with Crippen LogP contribution in [0.4, 0.5) is 0 Å². The van der Waals surface area contributed by atoms with Gasteiger partial charge in [-0.3, -0.25) is 0 Å². The molecule has 0 saturated carbocycles. The second-order valence-electron chi connectivity index (χ2n) is 11.5. The molecular weight excluding hydrogens is 489 g/mol. The fourth-order valence-electron chi connectivity index (χ4n) is 4.12. The molecule has 0 spiro atoms. The number of rotatable bonds is 19. The van der Waals surface area contributed by atoms with Gasteiger partial charge in [0.2, 0.25) is 0 Å². The standard InChI is InChI=1S/C20H54N2O5Si5/c1-28(2,3)24-30(7,8)26-32(10,20-14-16-22-17-15-21)27-31(9,25-29(4,5)6)19-13-11-12-18-23/h22-23H,11-21H2,1-10H3. The van der Waals surface area contributed by atoms with E-state index >= 15 is 0 Å². The van der Waals surface area contributed by atoms with Gasteiger partial charge in [0.25, 0.3) is 0 Å². The number of hydrogen-bond donors (Lipinski definition) is 3. The van der Waals surface area contributed by atoms with Crippen LogP contribution in [0.2, 0.25) is 77.6 Å². The number of nitrogens with one attached hydrogen (secondary N) is 1. The van der Waals surface area contributed by atoms with Crippen molar-refractivity contribution < 1.29 is 21.6 Å². The number of aliphatic hydroxyl groups is 1. The Kier molecular flexibility index (Phi) is 14.7. The van der Waals surface area contributed by atoms with Crippen LogP contribution < -0.4 is 11.1 Å². The molecule has 0 aliphatic heterocycles. The molecule has 32 heavy (non-hydrogen) atoms. The maximum atomic E-state index is 9.17. The monoisotopic (exact) mass is 542 g/mol. The third kappa shape index (κ3) is 17.3. The van der Waals surface area contributed by atoms with Crippen LogP contribution in [0.3, 0.4) is 0 Å². The Balaban J connectivity index is 5.61. The largest absolute Gasteiger partial charge is 0.437 e. The zero-order valence-electron chi connectivity index (χ0n) is 22.7. The molecule has 12 heteroatoms. The van der Waals surface area contributed by atoms with Crippen molar-refractivity contribution in [3.63, 3.8) is 0 Å². The lowest BCUT2D eigenvalue weighted by Crippen LogP contribution is -2.60. The van der Waals surface area contributed by atoms with Crippen LogP contribution >= 0.6 is 0 Å². The second kappa shape index (κ2) is 14.4. The minimum absolute atomic E-state index is 0.243. The van der Waals surface area contributed by atoms with Crippen molar-refractivity contribution in [1.29, 1.82) is 0 Å². The SMILES string of the molecule is C[Si](C)(C)O[Si](C)(C)O[Si](C)(CCCNCCN)O[Si](C)(CCCCCO)O[Si](C)(C)C. The van der Waals surface area contributed by atoms with Crippen molar-refractivity contribution in [3.8, 4) is 0 Å². The van der Waals surface area contributed by atoms with Crippen molar-refractivity contribution >= 4 is 42.3 Å². The van der Waals surface area contributed by atoms with Crippen LogP contribution in [0.15, 0.2) is 0 Å². The van der Waals surface area contributed by atoms with Gasteiger partial charge in [-0.05, 0) is 96.9 Å². The summed E-state index contributed by atoms with van der Waals surface area (Å²) in [6.45, 7) is 24.7. The molecule has 0 aliphatic rings. The average Bonchev–Trinajstić information content (AvgIpc) is 2.53. The first kappa shape index (κ1) is 32.8. The molecule has 194 valence electrons. The maximum absolute atomic E-state index is 9.17. The van der Waals surface area contributed by atoms with Gasteiger partial charge in [-0.2, -0.15) is 0 Å². The summed E-state index contributed by atoms with van der Waals surface area (Å²) in [5.41, 5.74) is 5.62. The summed E-state index contributed by atoms with van der Waals surface area (Å²) >= 11 is 0. The van der Waals surface area contributed by atoms with Gasteiger partial charge in [0.1, 0.15) is 0 Å². The Morgan fingerprint density at radius 2 is 1.16 bits per heavy atom. The predicted molar refractivity (Wildman–Crippen MR) is 149 cm³/mol. The molecule has 2 unspecified atom stereocenters. The van der Waals surface area contributed by atoms with Gasteiger partial charge in [-0.25, -0.2) is 0 Å². The summed E-state index contributed by atoms with van der Waals surface area (Å²) in [6, 6.07) is 1.84. The van der Waals surface area contributed by atoms with Gasteiger partial charge in [0.15, 0.2) is 16.6 Å². The Bertz CT molecular complexity index is 520. The smallest absolute Gasteiger partial charge is 0.317 e. The first-order chi connectivity index (χ1) is 14.4. The van der Waals surface area contributed by atoms with Gasteiger partial charge < -0.3 is 32.6 Å². The van der Waals surface area contributed by atoms with E-state index in [0.717, 1.165) is 50.9 Å². The molecule has 0 aromatic heterocycles. The normalized spacial score (nSPS) is 17.2. The summed E-state index contributed by atoms with van der Waals surface area (Å²) in [5.74, 6) is 0. The predicted octanol–water partition coefficient (Wildman–Crippen LogP) is 4.67. The zero-order chi connectivity index (χ0) is 25.1. The molecule has 0 bridgehead atoms. The van der Waals surface area contributed by atoms with E-state index in [4.69, 9.17) is 22.2 Å². The zero-order valence-corrected chi connectivity index (χ0v) is 27.7. The van der Waals surface area contributed by atoms with Crippen LogP contribution in [-0.4, -0.2) is 73.7 Å². The molecular formula is C20H54N2O5Si5. The van der Waals surface area contributed by atoms with Crippen LogP contribution in [0.25, 0.3) is 0 Å². The molecule has 0 aliphatic carbocycles. The van der Waals surface area contributed by atoms with Crippen molar-refractivity contribution in [1.82, 2.24) is 5.32 Å². The van der Waals surface area contributed by atoms with Crippen molar-refractivity contribution in [3.05, 3.63) is 0 Å². The molecule has 0 aromatic carbocycles. The summed E-state index contributed by atoms with van der Waals surface area (Å²) in [4.78, 5) is 0. The fourth-order valence-corrected chi connectivity index (χ4v) is 28.0. The molecule has 2 atom stereocenters.